The SMILES string of the molecule is CN1COc2ccc(OP(=O)(Oc3ccc4c(c3)CN(C)CO4)c3ccccc3)cc2C1. The molecule has 2 aliphatic rings. The van der Waals surface area contributed by atoms with Gasteiger partial charge in [-0.1, -0.05) is 18.2 Å². The minimum atomic E-state index is -3.73. The van der Waals surface area contributed by atoms with Crippen molar-refractivity contribution in [1.29, 1.82) is 0 Å². The van der Waals surface area contributed by atoms with Crippen molar-refractivity contribution < 1.29 is 23.1 Å². The van der Waals surface area contributed by atoms with Crippen LogP contribution in [0.2, 0.25) is 0 Å². The van der Waals surface area contributed by atoms with E-state index in [4.69, 9.17) is 18.5 Å². The van der Waals surface area contributed by atoms with Gasteiger partial charge in [0, 0.05) is 24.2 Å². The lowest BCUT2D eigenvalue weighted by molar-refractivity contribution is 0.121. The molecule has 3 aromatic rings. The second-order valence-electron chi connectivity index (χ2n) is 8.13. The molecule has 166 valence electrons. The highest BCUT2D eigenvalue weighted by molar-refractivity contribution is 7.63. The fourth-order valence-electron chi connectivity index (χ4n) is 3.80. The molecule has 5 rings (SSSR count). The van der Waals surface area contributed by atoms with Gasteiger partial charge in [-0.3, -0.25) is 9.80 Å². The Labute approximate surface area is 187 Å². The van der Waals surface area contributed by atoms with Gasteiger partial charge in [0.2, 0.25) is 0 Å². The lowest BCUT2D eigenvalue weighted by Crippen LogP contribution is -2.28. The highest BCUT2D eigenvalue weighted by atomic mass is 31.2. The van der Waals surface area contributed by atoms with E-state index in [1.54, 1.807) is 24.3 Å². The average Bonchev–Trinajstić information content (AvgIpc) is 2.79. The lowest BCUT2D eigenvalue weighted by atomic mass is 10.1. The van der Waals surface area contributed by atoms with Crippen LogP contribution >= 0.6 is 7.60 Å². The topological polar surface area (TPSA) is 60.5 Å². The first kappa shape index (κ1) is 20.9. The van der Waals surface area contributed by atoms with Crippen molar-refractivity contribution in [3.05, 3.63) is 77.9 Å². The Kier molecular flexibility index (Phi) is 5.55. The Bertz CT molecular complexity index is 1100. The zero-order valence-corrected chi connectivity index (χ0v) is 19.0. The number of fused-ring (bicyclic) bond motifs is 2. The molecule has 32 heavy (non-hydrogen) atoms. The summed E-state index contributed by atoms with van der Waals surface area (Å²) in [6.07, 6.45) is 0. The van der Waals surface area contributed by atoms with Gasteiger partial charge in [-0.15, -0.1) is 0 Å². The highest BCUT2D eigenvalue weighted by Crippen LogP contribution is 2.49. The fraction of sp³-hybridized carbons (Fsp3) is 0.250. The van der Waals surface area contributed by atoms with Crippen molar-refractivity contribution in [2.24, 2.45) is 0 Å². The molecule has 3 aromatic carbocycles. The van der Waals surface area contributed by atoms with Gasteiger partial charge in [0.1, 0.15) is 36.5 Å². The van der Waals surface area contributed by atoms with Crippen LogP contribution < -0.4 is 23.8 Å². The molecule has 2 aliphatic heterocycles. The average molecular weight is 452 g/mol. The molecule has 0 aliphatic carbocycles. The Morgan fingerprint density at radius 2 is 1.25 bits per heavy atom. The number of hydrogen-bond donors (Lipinski definition) is 0. The van der Waals surface area contributed by atoms with Crippen LogP contribution in [0.3, 0.4) is 0 Å². The van der Waals surface area contributed by atoms with Crippen molar-refractivity contribution in [1.82, 2.24) is 9.80 Å². The summed E-state index contributed by atoms with van der Waals surface area (Å²) in [5, 5.41) is 0.483. The van der Waals surface area contributed by atoms with Crippen LogP contribution in [0.4, 0.5) is 0 Å². The summed E-state index contributed by atoms with van der Waals surface area (Å²) < 4.78 is 37.7. The molecule has 0 fully saturated rings. The second kappa shape index (κ2) is 8.51. The molecule has 0 aromatic heterocycles. The summed E-state index contributed by atoms with van der Waals surface area (Å²) in [5.74, 6) is 2.56. The largest absolute Gasteiger partial charge is 0.478 e. The maximum Gasteiger partial charge on any atom is 0.462 e. The van der Waals surface area contributed by atoms with Crippen molar-refractivity contribution in [2.45, 2.75) is 13.1 Å². The van der Waals surface area contributed by atoms with Gasteiger partial charge in [0.05, 0.1) is 5.30 Å². The van der Waals surface area contributed by atoms with Crippen LogP contribution in [0.25, 0.3) is 0 Å². The Morgan fingerprint density at radius 3 is 1.75 bits per heavy atom. The summed E-state index contributed by atoms with van der Waals surface area (Å²) in [4.78, 5) is 4.09. The molecule has 0 atom stereocenters. The third-order valence-corrected chi connectivity index (χ3v) is 7.18. The van der Waals surface area contributed by atoms with E-state index < -0.39 is 7.60 Å². The Hall–Kier alpha value is -2.99. The molecule has 8 heteroatoms. The first-order chi connectivity index (χ1) is 15.5. The predicted molar refractivity (Wildman–Crippen MR) is 122 cm³/mol. The van der Waals surface area contributed by atoms with E-state index in [1.807, 2.05) is 66.4 Å². The third kappa shape index (κ3) is 4.32. The molecule has 0 unspecified atom stereocenters. The van der Waals surface area contributed by atoms with E-state index in [1.165, 1.54) is 0 Å². The van der Waals surface area contributed by atoms with Crippen molar-refractivity contribution in [3.63, 3.8) is 0 Å². The number of hydrogen-bond acceptors (Lipinski definition) is 7. The molecule has 0 amide bonds. The molecule has 7 nitrogen and oxygen atoms in total. The summed E-state index contributed by atoms with van der Waals surface area (Å²) in [6, 6.07) is 20.0. The van der Waals surface area contributed by atoms with Crippen LogP contribution in [0, 0.1) is 0 Å². The highest BCUT2D eigenvalue weighted by Gasteiger charge is 2.32. The van der Waals surface area contributed by atoms with E-state index in [9.17, 15) is 4.57 Å². The quantitative estimate of drug-likeness (QED) is 0.537. The molecule has 2 heterocycles. The van der Waals surface area contributed by atoms with E-state index in [2.05, 4.69) is 0 Å². The molecule has 0 radical (unpaired) electrons. The van der Waals surface area contributed by atoms with Crippen LogP contribution in [-0.4, -0.2) is 37.4 Å². The summed E-state index contributed by atoms with van der Waals surface area (Å²) >= 11 is 0. The number of ether oxygens (including phenoxy) is 2. The summed E-state index contributed by atoms with van der Waals surface area (Å²) in [6.45, 7) is 2.52. The smallest absolute Gasteiger partial charge is 0.462 e. The van der Waals surface area contributed by atoms with Gasteiger partial charge in [0.25, 0.3) is 0 Å². The molecular formula is C24H25N2O5P. The van der Waals surface area contributed by atoms with Gasteiger partial charge >= 0.3 is 7.60 Å². The second-order valence-corrected chi connectivity index (χ2v) is 10.0. The third-order valence-electron chi connectivity index (χ3n) is 5.35. The maximum atomic E-state index is 14.1. The molecule has 0 N–H and O–H groups in total. The van der Waals surface area contributed by atoms with E-state index >= 15 is 0 Å². The Morgan fingerprint density at radius 1 is 0.750 bits per heavy atom. The van der Waals surface area contributed by atoms with E-state index in [-0.39, 0.29) is 0 Å². The van der Waals surface area contributed by atoms with Gasteiger partial charge in [-0.05, 0) is 62.6 Å². The van der Waals surface area contributed by atoms with Gasteiger partial charge in [-0.25, -0.2) is 4.57 Å². The van der Waals surface area contributed by atoms with E-state index in [0.29, 0.717) is 30.3 Å². The monoisotopic (exact) mass is 452 g/mol. The van der Waals surface area contributed by atoms with E-state index in [0.717, 1.165) is 35.7 Å². The van der Waals surface area contributed by atoms with Crippen molar-refractivity contribution in [2.75, 3.05) is 27.6 Å². The Balaban J connectivity index is 1.47. The van der Waals surface area contributed by atoms with Crippen LogP contribution in [0.15, 0.2) is 66.7 Å². The normalized spacial score (nSPS) is 16.3. The van der Waals surface area contributed by atoms with Crippen LogP contribution in [0.1, 0.15) is 11.1 Å². The van der Waals surface area contributed by atoms with Crippen molar-refractivity contribution >= 4 is 12.9 Å². The number of benzene rings is 3. The lowest BCUT2D eigenvalue weighted by Gasteiger charge is -2.27. The zero-order valence-electron chi connectivity index (χ0n) is 18.1. The maximum absolute atomic E-state index is 14.1. The zero-order chi connectivity index (χ0) is 22.1. The summed E-state index contributed by atoms with van der Waals surface area (Å²) in [5.41, 5.74) is 1.95. The standard InChI is InChI=1S/C24H25N2O5P/c1-25-14-18-12-20(8-10-23(18)28-16-25)30-32(27,22-6-4-3-5-7-22)31-21-9-11-24-19(13-21)15-26(2)17-29-24/h3-13H,14-17H2,1-2H3. The minimum absolute atomic E-state index is 0.468. The molecule has 0 bridgehead atoms. The first-order valence-corrected chi connectivity index (χ1v) is 12.0. The molecule has 0 saturated heterocycles. The molecule has 0 spiro atoms. The first-order valence-electron chi connectivity index (χ1n) is 10.4. The molecule has 0 saturated carbocycles. The van der Waals surface area contributed by atoms with Gasteiger partial charge in [-0.2, -0.15) is 0 Å². The molecular weight excluding hydrogens is 427 g/mol. The van der Waals surface area contributed by atoms with Gasteiger partial charge in [0.15, 0.2) is 0 Å². The van der Waals surface area contributed by atoms with Gasteiger partial charge < -0.3 is 18.5 Å². The van der Waals surface area contributed by atoms with Crippen LogP contribution in [-0.2, 0) is 17.7 Å². The number of rotatable bonds is 5. The number of nitrogens with zero attached hydrogens (tertiary/aromatic N) is 2. The van der Waals surface area contributed by atoms with Crippen LogP contribution in [0.5, 0.6) is 23.0 Å². The predicted octanol–water partition coefficient (Wildman–Crippen LogP) is 4.23. The fourth-order valence-corrected chi connectivity index (χ4v) is 5.37. The summed E-state index contributed by atoms with van der Waals surface area (Å²) in [7, 11) is 0.229. The minimum Gasteiger partial charge on any atom is -0.478 e. The van der Waals surface area contributed by atoms with Crippen molar-refractivity contribution in [3.8, 4) is 23.0 Å².